The van der Waals surface area contributed by atoms with E-state index >= 15 is 0 Å². The van der Waals surface area contributed by atoms with Crippen LogP contribution in [-0.4, -0.2) is 28.6 Å². The average Bonchev–Trinajstić information content (AvgIpc) is 2.47. The quantitative estimate of drug-likeness (QED) is 0.910. The highest BCUT2D eigenvalue weighted by atomic mass is 19.1. The van der Waals surface area contributed by atoms with E-state index in [0.717, 1.165) is 13.0 Å². The molecule has 1 heterocycles. The van der Waals surface area contributed by atoms with Gasteiger partial charge in [-0.15, -0.1) is 0 Å². The van der Waals surface area contributed by atoms with E-state index in [0.29, 0.717) is 22.9 Å². The van der Waals surface area contributed by atoms with Gasteiger partial charge in [-0.25, -0.2) is 4.39 Å². The van der Waals surface area contributed by atoms with Crippen LogP contribution in [0.25, 0.3) is 11.4 Å². The molecule has 1 N–H and O–H groups in total. The predicted octanol–water partition coefficient (Wildman–Crippen LogP) is 2.82. The van der Waals surface area contributed by atoms with Crippen LogP contribution < -0.4 is 10.1 Å². The first-order valence-electron chi connectivity index (χ1n) is 6.45. The highest BCUT2D eigenvalue weighted by Gasteiger charge is 2.12. The molecular formula is C14H17FN4O. The lowest BCUT2D eigenvalue weighted by molar-refractivity contribution is 0.379. The summed E-state index contributed by atoms with van der Waals surface area (Å²) in [7, 11) is 1.49. The highest BCUT2D eigenvalue weighted by Crippen LogP contribution is 2.24. The monoisotopic (exact) mass is 276 g/mol. The Hall–Kier alpha value is -2.24. The van der Waals surface area contributed by atoms with Gasteiger partial charge in [0.15, 0.2) is 5.82 Å². The Morgan fingerprint density at radius 3 is 2.75 bits per heavy atom. The molecule has 0 aliphatic carbocycles. The van der Waals surface area contributed by atoms with E-state index in [1.807, 2.05) is 6.92 Å². The number of anilines is 1. The van der Waals surface area contributed by atoms with Crippen molar-refractivity contribution in [1.29, 1.82) is 0 Å². The molecule has 0 aliphatic heterocycles. The Labute approximate surface area is 117 Å². The molecule has 0 bridgehead atoms. The van der Waals surface area contributed by atoms with E-state index in [1.165, 1.54) is 13.2 Å². The number of halogens is 1. The predicted molar refractivity (Wildman–Crippen MR) is 75.3 cm³/mol. The van der Waals surface area contributed by atoms with Gasteiger partial charge in [0, 0.05) is 12.1 Å². The van der Waals surface area contributed by atoms with Gasteiger partial charge < -0.3 is 10.1 Å². The molecule has 0 saturated heterocycles. The van der Waals surface area contributed by atoms with Crippen molar-refractivity contribution >= 4 is 5.95 Å². The topological polar surface area (TPSA) is 59.9 Å². The van der Waals surface area contributed by atoms with Crippen molar-refractivity contribution in [2.75, 3.05) is 19.0 Å². The fourth-order valence-corrected chi connectivity index (χ4v) is 1.73. The van der Waals surface area contributed by atoms with Crippen molar-refractivity contribution in [3.8, 4) is 17.4 Å². The van der Waals surface area contributed by atoms with Crippen molar-refractivity contribution in [2.45, 2.75) is 20.3 Å². The molecule has 0 atom stereocenters. The Bertz CT molecular complexity index is 604. The van der Waals surface area contributed by atoms with Crippen molar-refractivity contribution in [1.82, 2.24) is 15.0 Å². The van der Waals surface area contributed by atoms with Crippen LogP contribution in [0.2, 0.25) is 0 Å². The van der Waals surface area contributed by atoms with Crippen molar-refractivity contribution < 1.29 is 9.13 Å². The van der Waals surface area contributed by atoms with E-state index in [4.69, 9.17) is 4.74 Å². The Balaban J connectivity index is 2.47. The molecule has 0 amide bonds. The molecule has 0 radical (unpaired) electrons. The second-order valence-corrected chi connectivity index (χ2v) is 4.31. The minimum absolute atomic E-state index is 0.206. The maximum Gasteiger partial charge on any atom is 0.321 e. The molecule has 0 saturated carbocycles. The van der Waals surface area contributed by atoms with Crippen molar-refractivity contribution in [3.63, 3.8) is 0 Å². The van der Waals surface area contributed by atoms with Crippen LogP contribution in [0.1, 0.15) is 18.9 Å². The second-order valence-electron chi connectivity index (χ2n) is 4.31. The van der Waals surface area contributed by atoms with Crippen molar-refractivity contribution in [2.24, 2.45) is 0 Å². The van der Waals surface area contributed by atoms with E-state index in [2.05, 4.69) is 20.3 Å². The molecule has 0 fully saturated rings. The zero-order chi connectivity index (χ0) is 14.5. The van der Waals surface area contributed by atoms with Crippen LogP contribution >= 0.6 is 0 Å². The number of methoxy groups -OCH3 is 1. The summed E-state index contributed by atoms with van der Waals surface area (Å²) >= 11 is 0. The third kappa shape index (κ3) is 3.01. The summed E-state index contributed by atoms with van der Waals surface area (Å²) in [5.41, 5.74) is 1.13. The number of aromatic nitrogens is 3. The number of benzene rings is 1. The summed E-state index contributed by atoms with van der Waals surface area (Å²) in [6, 6.07) is 5.02. The molecule has 20 heavy (non-hydrogen) atoms. The van der Waals surface area contributed by atoms with Crippen LogP contribution in [0.3, 0.4) is 0 Å². The average molecular weight is 276 g/mol. The van der Waals surface area contributed by atoms with Gasteiger partial charge in [-0.3, -0.25) is 0 Å². The largest absolute Gasteiger partial charge is 0.467 e. The molecule has 1 aromatic carbocycles. The molecular weight excluding hydrogens is 259 g/mol. The van der Waals surface area contributed by atoms with Gasteiger partial charge in [-0.2, -0.15) is 15.0 Å². The SMILES string of the molecule is CCCNc1nc(OC)nc(-c2cccc(F)c2C)n1. The lowest BCUT2D eigenvalue weighted by Gasteiger charge is -2.09. The van der Waals surface area contributed by atoms with Crippen molar-refractivity contribution in [3.05, 3.63) is 29.6 Å². The molecule has 2 rings (SSSR count). The number of rotatable bonds is 5. The van der Waals surface area contributed by atoms with Gasteiger partial charge in [0.25, 0.3) is 0 Å². The first kappa shape index (κ1) is 14.2. The molecule has 0 unspecified atom stereocenters. The lowest BCUT2D eigenvalue weighted by Crippen LogP contribution is -2.08. The summed E-state index contributed by atoms with van der Waals surface area (Å²) < 4.78 is 18.7. The molecule has 1 aromatic heterocycles. The fourth-order valence-electron chi connectivity index (χ4n) is 1.73. The molecule has 6 heteroatoms. The number of nitrogens with one attached hydrogen (secondary N) is 1. The fraction of sp³-hybridized carbons (Fsp3) is 0.357. The van der Waals surface area contributed by atoms with E-state index in [9.17, 15) is 4.39 Å². The van der Waals surface area contributed by atoms with Crippen LogP contribution in [0.5, 0.6) is 6.01 Å². The summed E-state index contributed by atoms with van der Waals surface area (Å²) in [4.78, 5) is 12.6. The normalized spacial score (nSPS) is 10.4. The van der Waals surface area contributed by atoms with Crippen LogP contribution in [0.4, 0.5) is 10.3 Å². The molecule has 0 aliphatic rings. The Morgan fingerprint density at radius 1 is 1.25 bits per heavy atom. The number of hydrogen-bond donors (Lipinski definition) is 1. The van der Waals surface area contributed by atoms with Gasteiger partial charge >= 0.3 is 6.01 Å². The Kier molecular flexibility index (Phi) is 4.45. The molecule has 106 valence electrons. The first-order valence-corrected chi connectivity index (χ1v) is 6.45. The lowest BCUT2D eigenvalue weighted by atomic mass is 10.1. The van der Waals surface area contributed by atoms with Gasteiger partial charge in [0.1, 0.15) is 5.82 Å². The Morgan fingerprint density at radius 2 is 2.05 bits per heavy atom. The highest BCUT2D eigenvalue weighted by molar-refractivity contribution is 5.61. The third-order valence-electron chi connectivity index (χ3n) is 2.84. The summed E-state index contributed by atoms with van der Waals surface area (Å²) in [6.45, 7) is 4.48. The standard InChI is InChI=1S/C14H17FN4O/c1-4-8-16-13-17-12(18-14(19-13)20-3)10-6-5-7-11(15)9(10)2/h5-7H,4,8H2,1-3H3,(H,16,17,18,19). The summed E-state index contributed by atoms with van der Waals surface area (Å²) in [5, 5.41) is 3.08. The van der Waals surface area contributed by atoms with E-state index < -0.39 is 0 Å². The van der Waals surface area contributed by atoms with Gasteiger partial charge in [0.05, 0.1) is 7.11 Å². The maximum absolute atomic E-state index is 13.6. The summed E-state index contributed by atoms with van der Waals surface area (Å²) in [5.74, 6) is 0.537. The van der Waals surface area contributed by atoms with Gasteiger partial charge in [0.2, 0.25) is 5.95 Å². The van der Waals surface area contributed by atoms with Crippen LogP contribution in [-0.2, 0) is 0 Å². The van der Waals surface area contributed by atoms with Crippen LogP contribution in [0.15, 0.2) is 18.2 Å². The zero-order valence-corrected chi connectivity index (χ0v) is 11.8. The summed E-state index contributed by atoms with van der Waals surface area (Å²) in [6.07, 6.45) is 0.947. The van der Waals surface area contributed by atoms with Gasteiger partial charge in [-0.05, 0) is 25.0 Å². The third-order valence-corrected chi connectivity index (χ3v) is 2.84. The minimum Gasteiger partial charge on any atom is -0.467 e. The maximum atomic E-state index is 13.6. The molecule has 0 spiro atoms. The van der Waals surface area contributed by atoms with E-state index in [-0.39, 0.29) is 11.8 Å². The number of ether oxygens (including phenoxy) is 1. The van der Waals surface area contributed by atoms with E-state index in [1.54, 1.807) is 19.1 Å². The minimum atomic E-state index is -0.287. The zero-order valence-electron chi connectivity index (χ0n) is 11.8. The molecule has 5 nitrogen and oxygen atoms in total. The van der Waals surface area contributed by atoms with Gasteiger partial charge in [-0.1, -0.05) is 19.1 Å². The molecule has 2 aromatic rings. The number of nitrogens with zero attached hydrogens (tertiary/aromatic N) is 3. The number of hydrogen-bond acceptors (Lipinski definition) is 5. The second kappa shape index (κ2) is 6.27. The smallest absolute Gasteiger partial charge is 0.321 e. The first-order chi connectivity index (χ1) is 9.65. The van der Waals surface area contributed by atoms with Crippen LogP contribution in [0, 0.1) is 12.7 Å².